The summed E-state index contributed by atoms with van der Waals surface area (Å²) < 4.78 is 1.98. The SMILES string of the molecule is N#Cc1cccc(NC(=O)c2cc3c(nc4sccn43)s2)c1. The van der Waals surface area contributed by atoms with E-state index in [1.54, 1.807) is 35.6 Å². The van der Waals surface area contributed by atoms with Crippen LogP contribution in [0.3, 0.4) is 0 Å². The van der Waals surface area contributed by atoms with Crippen LogP contribution in [0.15, 0.2) is 41.9 Å². The van der Waals surface area contributed by atoms with Gasteiger partial charge in [0.25, 0.3) is 5.91 Å². The van der Waals surface area contributed by atoms with Gasteiger partial charge < -0.3 is 5.32 Å². The highest BCUT2D eigenvalue weighted by Gasteiger charge is 2.15. The van der Waals surface area contributed by atoms with E-state index in [1.165, 1.54) is 11.3 Å². The van der Waals surface area contributed by atoms with Crippen molar-refractivity contribution < 1.29 is 4.79 Å². The first-order chi connectivity index (χ1) is 10.7. The quantitative estimate of drug-likeness (QED) is 0.610. The lowest BCUT2D eigenvalue weighted by Crippen LogP contribution is -2.10. The summed E-state index contributed by atoms with van der Waals surface area (Å²) in [6.45, 7) is 0. The minimum absolute atomic E-state index is 0.193. The summed E-state index contributed by atoms with van der Waals surface area (Å²) in [5.74, 6) is -0.193. The van der Waals surface area contributed by atoms with Gasteiger partial charge in [0, 0.05) is 17.3 Å². The van der Waals surface area contributed by atoms with Crippen LogP contribution in [0.25, 0.3) is 15.3 Å². The third-order valence-corrected chi connectivity index (χ3v) is 4.99. The molecule has 0 aliphatic rings. The predicted molar refractivity (Wildman–Crippen MR) is 87.6 cm³/mol. The molecule has 0 bridgehead atoms. The number of hydrogen-bond donors (Lipinski definition) is 1. The second kappa shape index (κ2) is 4.94. The Balaban J connectivity index is 1.67. The summed E-state index contributed by atoms with van der Waals surface area (Å²) in [6, 6.07) is 10.7. The highest BCUT2D eigenvalue weighted by Crippen LogP contribution is 2.28. The van der Waals surface area contributed by atoms with Crippen molar-refractivity contribution >= 4 is 49.6 Å². The van der Waals surface area contributed by atoms with Crippen molar-refractivity contribution in [3.05, 3.63) is 52.3 Å². The summed E-state index contributed by atoms with van der Waals surface area (Å²) in [5, 5.41) is 13.7. The second-order valence-electron chi connectivity index (χ2n) is 4.62. The number of nitrogens with one attached hydrogen (secondary N) is 1. The molecule has 5 nitrogen and oxygen atoms in total. The molecule has 3 heterocycles. The number of carbonyl (C=O) groups is 1. The van der Waals surface area contributed by atoms with Gasteiger partial charge in [-0.05, 0) is 24.3 Å². The molecule has 4 rings (SSSR count). The van der Waals surface area contributed by atoms with Crippen LogP contribution in [0.5, 0.6) is 0 Å². The van der Waals surface area contributed by atoms with Crippen molar-refractivity contribution in [2.75, 3.05) is 5.32 Å². The largest absolute Gasteiger partial charge is 0.321 e. The molecule has 0 aliphatic heterocycles. The number of anilines is 1. The van der Waals surface area contributed by atoms with E-state index in [0.29, 0.717) is 16.1 Å². The van der Waals surface area contributed by atoms with Crippen molar-refractivity contribution in [1.82, 2.24) is 9.38 Å². The van der Waals surface area contributed by atoms with Gasteiger partial charge >= 0.3 is 0 Å². The predicted octanol–water partition coefficient (Wildman–Crippen LogP) is 3.73. The maximum atomic E-state index is 12.3. The summed E-state index contributed by atoms with van der Waals surface area (Å²) in [5.41, 5.74) is 2.07. The highest BCUT2D eigenvalue weighted by molar-refractivity contribution is 7.21. The van der Waals surface area contributed by atoms with E-state index >= 15 is 0 Å². The number of imidazole rings is 1. The fourth-order valence-corrected chi connectivity index (χ4v) is 3.91. The fraction of sp³-hybridized carbons (Fsp3) is 0. The summed E-state index contributed by atoms with van der Waals surface area (Å²) in [7, 11) is 0. The molecule has 1 N–H and O–H groups in total. The van der Waals surface area contributed by atoms with E-state index in [2.05, 4.69) is 16.4 Å². The third kappa shape index (κ3) is 2.06. The van der Waals surface area contributed by atoms with Crippen LogP contribution in [-0.2, 0) is 0 Å². The number of benzene rings is 1. The van der Waals surface area contributed by atoms with Crippen LogP contribution >= 0.6 is 22.7 Å². The Hall–Kier alpha value is -2.69. The maximum absolute atomic E-state index is 12.3. The molecular weight excluding hydrogens is 316 g/mol. The second-order valence-corrected chi connectivity index (χ2v) is 6.52. The van der Waals surface area contributed by atoms with Gasteiger partial charge in [0.1, 0.15) is 4.83 Å². The Labute approximate surface area is 133 Å². The maximum Gasteiger partial charge on any atom is 0.265 e. The van der Waals surface area contributed by atoms with Crippen molar-refractivity contribution in [3.63, 3.8) is 0 Å². The van der Waals surface area contributed by atoms with Crippen molar-refractivity contribution in [2.45, 2.75) is 0 Å². The standard InChI is InChI=1S/C15H8N4OS2/c16-8-9-2-1-3-10(6-9)17-13(20)12-7-11-14(22-12)18-15-19(11)4-5-21-15/h1-7H,(H,17,20). The first-order valence-electron chi connectivity index (χ1n) is 6.41. The van der Waals surface area contributed by atoms with Crippen molar-refractivity contribution in [3.8, 4) is 6.07 Å². The molecule has 0 spiro atoms. The number of fused-ring (bicyclic) bond motifs is 3. The highest BCUT2D eigenvalue weighted by atomic mass is 32.1. The minimum Gasteiger partial charge on any atom is -0.321 e. The average Bonchev–Trinajstić information content (AvgIpc) is 3.18. The normalized spacial score (nSPS) is 10.9. The number of thiophene rings is 1. The summed E-state index contributed by atoms with van der Waals surface area (Å²) in [4.78, 5) is 19.2. The monoisotopic (exact) mass is 324 g/mol. The number of carbonyl (C=O) groups excluding carboxylic acids is 1. The molecule has 0 atom stereocenters. The number of nitrogens with zero attached hydrogens (tertiary/aromatic N) is 3. The van der Waals surface area contributed by atoms with Crippen LogP contribution in [-0.4, -0.2) is 15.3 Å². The molecule has 3 aromatic heterocycles. The van der Waals surface area contributed by atoms with Crippen LogP contribution in [0, 0.1) is 11.3 Å². The molecule has 1 aromatic carbocycles. The number of hydrogen-bond acceptors (Lipinski definition) is 5. The van der Waals surface area contributed by atoms with Gasteiger partial charge in [-0.25, -0.2) is 4.98 Å². The van der Waals surface area contributed by atoms with E-state index in [1.807, 2.05) is 22.0 Å². The molecule has 0 aliphatic carbocycles. The number of thiazole rings is 1. The Bertz CT molecular complexity index is 1050. The first-order valence-corrected chi connectivity index (χ1v) is 8.11. The van der Waals surface area contributed by atoms with E-state index in [9.17, 15) is 4.79 Å². The Morgan fingerprint density at radius 1 is 1.36 bits per heavy atom. The minimum atomic E-state index is -0.193. The van der Waals surface area contributed by atoms with Gasteiger partial charge in [0.15, 0.2) is 4.96 Å². The molecule has 0 radical (unpaired) electrons. The smallest absolute Gasteiger partial charge is 0.265 e. The zero-order valence-electron chi connectivity index (χ0n) is 11.1. The van der Waals surface area contributed by atoms with Gasteiger partial charge in [0.2, 0.25) is 0 Å². The van der Waals surface area contributed by atoms with E-state index in [4.69, 9.17) is 5.26 Å². The molecule has 7 heteroatoms. The lowest BCUT2D eigenvalue weighted by molar-refractivity contribution is 0.103. The Morgan fingerprint density at radius 2 is 2.27 bits per heavy atom. The van der Waals surface area contributed by atoms with E-state index < -0.39 is 0 Å². The van der Waals surface area contributed by atoms with Gasteiger partial charge in [-0.1, -0.05) is 6.07 Å². The molecule has 0 saturated heterocycles. The number of rotatable bonds is 2. The molecule has 0 saturated carbocycles. The molecule has 106 valence electrons. The molecule has 0 fully saturated rings. The van der Waals surface area contributed by atoms with Gasteiger partial charge in [0.05, 0.1) is 22.0 Å². The van der Waals surface area contributed by atoms with Crippen LogP contribution in [0.2, 0.25) is 0 Å². The molecule has 1 amide bonds. The first kappa shape index (κ1) is 13.0. The topological polar surface area (TPSA) is 70.2 Å². The van der Waals surface area contributed by atoms with Crippen molar-refractivity contribution in [2.24, 2.45) is 0 Å². The summed E-state index contributed by atoms with van der Waals surface area (Å²) >= 11 is 2.93. The Morgan fingerprint density at radius 3 is 3.14 bits per heavy atom. The molecular formula is C15H8N4OS2. The number of nitriles is 1. The average molecular weight is 324 g/mol. The van der Waals surface area contributed by atoms with Crippen LogP contribution in [0.4, 0.5) is 5.69 Å². The number of amides is 1. The van der Waals surface area contributed by atoms with Crippen molar-refractivity contribution in [1.29, 1.82) is 5.26 Å². The zero-order chi connectivity index (χ0) is 15.1. The lowest BCUT2D eigenvalue weighted by atomic mass is 10.2. The lowest BCUT2D eigenvalue weighted by Gasteiger charge is -2.03. The third-order valence-electron chi connectivity index (χ3n) is 3.21. The molecule has 4 aromatic rings. The van der Waals surface area contributed by atoms with E-state index in [-0.39, 0.29) is 5.91 Å². The number of aromatic nitrogens is 2. The fourth-order valence-electron chi connectivity index (χ4n) is 2.22. The molecule has 22 heavy (non-hydrogen) atoms. The Kier molecular flexibility index (Phi) is 2.92. The molecule has 0 unspecified atom stereocenters. The zero-order valence-corrected chi connectivity index (χ0v) is 12.7. The van der Waals surface area contributed by atoms with Gasteiger partial charge in [-0.15, -0.1) is 22.7 Å². The van der Waals surface area contributed by atoms with Crippen LogP contribution < -0.4 is 5.32 Å². The van der Waals surface area contributed by atoms with E-state index in [0.717, 1.165) is 15.3 Å². The van der Waals surface area contributed by atoms with Gasteiger partial charge in [-0.3, -0.25) is 9.20 Å². The van der Waals surface area contributed by atoms with Gasteiger partial charge in [-0.2, -0.15) is 5.26 Å². The summed E-state index contributed by atoms with van der Waals surface area (Å²) in [6.07, 6.45) is 1.94. The van der Waals surface area contributed by atoms with Crippen LogP contribution in [0.1, 0.15) is 15.2 Å².